The third kappa shape index (κ3) is 1.94. The van der Waals surface area contributed by atoms with E-state index in [9.17, 15) is 9.59 Å². The van der Waals surface area contributed by atoms with Crippen molar-refractivity contribution in [2.75, 3.05) is 6.61 Å². The molecule has 2 heterocycles. The molecule has 19 heavy (non-hydrogen) atoms. The van der Waals surface area contributed by atoms with Gasteiger partial charge in [0.2, 0.25) is 0 Å². The van der Waals surface area contributed by atoms with Gasteiger partial charge < -0.3 is 4.74 Å². The van der Waals surface area contributed by atoms with Crippen LogP contribution in [-0.4, -0.2) is 27.7 Å². The summed E-state index contributed by atoms with van der Waals surface area (Å²) >= 11 is 1.51. The lowest BCUT2D eigenvalue weighted by Crippen LogP contribution is -2.31. The smallest absolute Gasteiger partial charge is 0.439 e. The van der Waals surface area contributed by atoms with Crippen molar-refractivity contribution in [3.05, 3.63) is 20.8 Å². The van der Waals surface area contributed by atoms with E-state index in [0.29, 0.717) is 14.9 Å². The van der Waals surface area contributed by atoms with Gasteiger partial charge >= 0.3 is 6.09 Å². The number of carbonyl (C=O) groups excluding carboxylic acids is 1. The second-order valence-electron chi connectivity index (χ2n) is 4.40. The minimum absolute atomic E-state index is 0.201. The van der Waals surface area contributed by atoms with E-state index in [4.69, 9.17) is 4.74 Å². The molecule has 0 amide bonds. The number of aromatic nitrogens is 3. The molecule has 1 aliphatic carbocycles. The predicted molar refractivity (Wildman–Crippen MR) is 70.7 cm³/mol. The Morgan fingerprint density at radius 2 is 2.21 bits per heavy atom. The van der Waals surface area contributed by atoms with Crippen molar-refractivity contribution in [2.45, 2.75) is 32.6 Å². The van der Waals surface area contributed by atoms with E-state index >= 15 is 0 Å². The highest BCUT2D eigenvalue weighted by Crippen LogP contribution is 2.32. The number of aryl methyl sites for hydroxylation is 2. The van der Waals surface area contributed by atoms with Crippen LogP contribution >= 0.6 is 11.3 Å². The van der Waals surface area contributed by atoms with Gasteiger partial charge in [0.15, 0.2) is 4.83 Å². The molecule has 2 aromatic rings. The van der Waals surface area contributed by atoms with Gasteiger partial charge in [0.1, 0.15) is 0 Å². The number of nitrogens with zero attached hydrogens (tertiary/aromatic N) is 3. The second kappa shape index (κ2) is 4.73. The van der Waals surface area contributed by atoms with Crippen molar-refractivity contribution in [3.8, 4) is 0 Å². The number of hydrogen-bond acceptors (Lipinski definition) is 6. The number of thiophene rings is 1. The molecule has 0 radical (unpaired) electrons. The van der Waals surface area contributed by atoms with Crippen molar-refractivity contribution in [1.29, 1.82) is 0 Å². The molecule has 0 bridgehead atoms. The van der Waals surface area contributed by atoms with Crippen molar-refractivity contribution in [1.82, 2.24) is 15.0 Å². The van der Waals surface area contributed by atoms with Crippen molar-refractivity contribution >= 4 is 27.6 Å². The first-order chi connectivity index (χ1) is 9.22. The molecule has 0 saturated heterocycles. The summed E-state index contributed by atoms with van der Waals surface area (Å²) in [5.74, 6) is 0. The second-order valence-corrected chi connectivity index (χ2v) is 5.48. The lowest BCUT2D eigenvalue weighted by atomic mass is 9.97. The molecule has 7 heteroatoms. The number of fused-ring (bicyclic) bond motifs is 3. The Labute approximate surface area is 113 Å². The Kier molecular flexibility index (Phi) is 3.06. The van der Waals surface area contributed by atoms with Gasteiger partial charge in [-0.25, -0.2) is 4.79 Å². The fourth-order valence-electron chi connectivity index (χ4n) is 2.38. The fourth-order valence-corrected chi connectivity index (χ4v) is 3.58. The highest BCUT2D eigenvalue weighted by molar-refractivity contribution is 7.18. The minimum Gasteiger partial charge on any atom is -0.448 e. The molecule has 0 fully saturated rings. The van der Waals surface area contributed by atoms with Crippen LogP contribution in [0.3, 0.4) is 0 Å². The highest BCUT2D eigenvalue weighted by atomic mass is 32.1. The van der Waals surface area contributed by atoms with E-state index in [0.717, 1.165) is 31.2 Å². The lowest BCUT2D eigenvalue weighted by Gasteiger charge is -2.09. The number of hydrogen-bond donors (Lipinski definition) is 0. The zero-order valence-corrected chi connectivity index (χ0v) is 11.3. The van der Waals surface area contributed by atoms with Crippen LogP contribution in [0.5, 0.6) is 0 Å². The summed E-state index contributed by atoms with van der Waals surface area (Å²) in [7, 11) is 0. The maximum absolute atomic E-state index is 12.3. The van der Waals surface area contributed by atoms with E-state index in [2.05, 4.69) is 10.3 Å². The first-order valence-corrected chi connectivity index (χ1v) is 7.11. The van der Waals surface area contributed by atoms with E-state index < -0.39 is 11.7 Å². The largest absolute Gasteiger partial charge is 0.448 e. The topological polar surface area (TPSA) is 74.1 Å². The Bertz CT molecular complexity index is 704. The zero-order valence-electron chi connectivity index (χ0n) is 10.5. The maximum atomic E-state index is 12.3. The molecule has 0 N–H and O–H groups in total. The summed E-state index contributed by atoms with van der Waals surface area (Å²) in [4.78, 5) is 25.8. The molecular weight excluding hydrogens is 266 g/mol. The van der Waals surface area contributed by atoms with E-state index in [-0.39, 0.29) is 6.61 Å². The molecule has 100 valence electrons. The van der Waals surface area contributed by atoms with Crippen molar-refractivity contribution < 1.29 is 9.53 Å². The SMILES string of the molecule is CCOC(=O)n1nnc2sc3c(c2c1=O)CCCC3. The minimum atomic E-state index is -0.766. The van der Waals surface area contributed by atoms with Crippen LogP contribution in [0.15, 0.2) is 4.79 Å². The first-order valence-electron chi connectivity index (χ1n) is 6.29. The summed E-state index contributed by atoms with van der Waals surface area (Å²) in [6, 6.07) is 0. The molecule has 6 nitrogen and oxygen atoms in total. The molecule has 0 spiro atoms. The molecule has 0 aliphatic heterocycles. The third-order valence-corrected chi connectivity index (χ3v) is 4.40. The number of rotatable bonds is 1. The molecular formula is C12H13N3O3S. The Balaban J connectivity index is 2.21. The quantitative estimate of drug-likeness (QED) is 0.795. The zero-order chi connectivity index (χ0) is 13.4. The van der Waals surface area contributed by atoms with Gasteiger partial charge in [0.25, 0.3) is 5.56 Å². The van der Waals surface area contributed by atoms with Gasteiger partial charge in [-0.1, -0.05) is 5.21 Å². The first kappa shape index (κ1) is 12.3. The Morgan fingerprint density at radius 1 is 1.42 bits per heavy atom. The van der Waals surface area contributed by atoms with Gasteiger partial charge in [-0.2, -0.15) is 0 Å². The molecule has 2 aromatic heterocycles. The average Bonchev–Trinajstić information content (AvgIpc) is 2.78. The number of ether oxygens (including phenoxy) is 1. The van der Waals surface area contributed by atoms with E-state index in [1.54, 1.807) is 6.92 Å². The van der Waals surface area contributed by atoms with Gasteiger partial charge in [-0.3, -0.25) is 4.79 Å². The van der Waals surface area contributed by atoms with Crippen LogP contribution in [-0.2, 0) is 17.6 Å². The monoisotopic (exact) mass is 279 g/mol. The molecule has 0 saturated carbocycles. The normalized spacial score (nSPS) is 14.4. The van der Waals surface area contributed by atoms with Crippen LogP contribution in [0.25, 0.3) is 10.2 Å². The Hall–Kier alpha value is -1.76. The van der Waals surface area contributed by atoms with Crippen LogP contribution in [0.4, 0.5) is 4.79 Å². The van der Waals surface area contributed by atoms with Gasteiger partial charge in [-0.15, -0.1) is 21.1 Å². The third-order valence-electron chi connectivity index (χ3n) is 3.22. The maximum Gasteiger partial charge on any atom is 0.439 e. The van der Waals surface area contributed by atoms with Gasteiger partial charge in [-0.05, 0) is 38.2 Å². The molecule has 0 atom stereocenters. The van der Waals surface area contributed by atoms with Gasteiger partial charge in [0, 0.05) is 4.88 Å². The fraction of sp³-hybridized carbons (Fsp3) is 0.500. The number of carbonyl (C=O) groups is 1. The summed E-state index contributed by atoms with van der Waals surface area (Å²) in [6.07, 6.45) is 3.30. The van der Waals surface area contributed by atoms with Crippen LogP contribution in [0, 0.1) is 0 Å². The molecule has 1 aliphatic rings. The van der Waals surface area contributed by atoms with Crippen molar-refractivity contribution in [3.63, 3.8) is 0 Å². The summed E-state index contributed by atoms with van der Waals surface area (Å²) in [6.45, 7) is 1.88. The predicted octanol–water partition coefficient (Wildman–Crippen LogP) is 1.74. The molecule has 0 unspecified atom stereocenters. The molecule has 0 aromatic carbocycles. The standard InChI is InChI=1S/C12H13N3O3S/c1-2-18-12(17)15-11(16)9-7-5-3-4-6-8(7)19-10(9)13-14-15/h2-6H2,1H3. The van der Waals surface area contributed by atoms with E-state index in [1.165, 1.54) is 16.2 Å². The Morgan fingerprint density at radius 3 is 3.00 bits per heavy atom. The lowest BCUT2D eigenvalue weighted by molar-refractivity contribution is 0.148. The van der Waals surface area contributed by atoms with E-state index in [1.807, 2.05) is 0 Å². The van der Waals surface area contributed by atoms with Crippen LogP contribution in [0.1, 0.15) is 30.2 Å². The van der Waals surface area contributed by atoms with Crippen LogP contribution in [0.2, 0.25) is 0 Å². The molecule has 3 rings (SSSR count). The summed E-state index contributed by atoms with van der Waals surface area (Å²) in [5, 5.41) is 8.18. The van der Waals surface area contributed by atoms with Crippen LogP contribution < -0.4 is 5.56 Å². The highest BCUT2D eigenvalue weighted by Gasteiger charge is 2.22. The van der Waals surface area contributed by atoms with Gasteiger partial charge in [0.05, 0.1) is 12.0 Å². The summed E-state index contributed by atoms with van der Waals surface area (Å²) in [5.41, 5.74) is 0.632. The van der Waals surface area contributed by atoms with Crippen molar-refractivity contribution in [2.24, 2.45) is 0 Å². The average molecular weight is 279 g/mol. The summed E-state index contributed by atoms with van der Waals surface area (Å²) < 4.78 is 5.52.